The predicted molar refractivity (Wildman–Crippen MR) is 122 cm³/mol. The van der Waals surface area contributed by atoms with Crippen LogP contribution in [0.15, 0.2) is 59.5 Å². The van der Waals surface area contributed by atoms with Crippen molar-refractivity contribution in [3.05, 3.63) is 77.1 Å². The highest BCUT2D eigenvalue weighted by Crippen LogP contribution is 2.21. The fourth-order valence-corrected chi connectivity index (χ4v) is 5.28. The summed E-state index contributed by atoms with van der Waals surface area (Å²) in [7, 11) is -3.54. The number of nitrogens with zero attached hydrogens (tertiary/aromatic N) is 3. The number of amides is 2. The summed E-state index contributed by atoms with van der Waals surface area (Å²) < 4.78 is 28.4. The minimum Gasteiger partial charge on any atom is -0.267 e. The second kappa shape index (κ2) is 9.16. The molecule has 1 aromatic heterocycles. The Morgan fingerprint density at radius 2 is 1.36 bits per heavy atom. The fourth-order valence-electron chi connectivity index (χ4n) is 3.76. The third-order valence-electron chi connectivity index (χ3n) is 5.49. The molecule has 0 saturated carbocycles. The Morgan fingerprint density at radius 3 is 1.85 bits per heavy atom. The number of carbonyl (C=O) groups excluding carboxylic acids is 2. The Labute approximate surface area is 192 Å². The summed E-state index contributed by atoms with van der Waals surface area (Å²) in [6.07, 6.45) is 1.70. The predicted octanol–water partition coefficient (Wildman–Crippen LogP) is 2.35. The lowest BCUT2D eigenvalue weighted by atomic mass is 10.2. The van der Waals surface area contributed by atoms with Gasteiger partial charge in [0.1, 0.15) is 0 Å². The molecule has 10 heteroatoms. The van der Waals surface area contributed by atoms with Crippen molar-refractivity contribution < 1.29 is 18.0 Å². The molecule has 0 atom stereocenters. The first-order valence-corrected chi connectivity index (χ1v) is 12.0. The molecule has 0 spiro atoms. The molecule has 0 bridgehead atoms. The van der Waals surface area contributed by atoms with Gasteiger partial charge in [0.2, 0.25) is 10.0 Å². The van der Waals surface area contributed by atoms with Crippen molar-refractivity contribution in [1.82, 2.24) is 24.9 Å². The lowest BCUT2D eigenvalue weighted by Crippen LogP contribution is -2.41. The molecule has 0 aliphatic carbocycles. The van der Waals surface area contributed by atoms with Crippen molar-refractivity contribution in [2.24, 2.45) is 0 Å². The van der Waals surface area contributed by atoms with Crippen LogP contribution in [-0.2, 0) is 10.0 Å². The van der Waals surface area contributed by atoms with Crippen LogP contribution in [0.25, 0.3) is 5.69 Å². The van der Waals surface area contributed by atoms with Crippen molar-refractivity contribution >= 4 is 21.8 Å². The van der Waals surface area contributed by atoms with E-state index in [1.54, 1.807) is 28.9 Å². The summed E-state index contributed by atoms with van der Waals surface area (Å²) in [6, 6.07) is 14.5. The number of aromatic nitrogens is 2. The third kappa shape index (κ3) is 4.81. The van der Waals surface area contributed by atoms with Crippen LogP contribution in [-0.4, -0.2) is 47.4 Å². The van der Waals surface area contributed by atoms with E-state index in [2.05, 4.69) is 16.0 Å². The van der Waals surface area contributed by atoms with Crippen molar-refractivity contribution in [2.45, 2.75) is 31.6 Å². The summed E-state index contributed by atoms with van der Waals surface area (Å²) in [6.45, 7) is 4.89. The Balaban J connectivity index is 1.36. The molecule has 0 radical (unpaired) electrons. The van der Waals surface area contributed by atoms with Gasteiger partial charge in [0.15, 0.2) is 0 Å². The molecule has 3 aromatic rings. The molecule has 1 fully saturated rings. The number of nitrogens with one attached hydrogen (secondary N) is 2. The van der Waals surface area contributed by atoms with Crippen molar-refractivity contribution in [1.29, 1.82) is 0 Å². The molecule has 172 valence electrons. The van der Waals surface area contributed by atoms with Crippen LogP contribution in [0.4, 0.5) is 0 Å². The SMILES string of the molecule is Cc1cc(C)n(-c2ccc(C(=O)NNC(=O)c3ccc(S(=O)(=O)N4CCCC4)cc3)cc2)n1. The number of hydrogen-bond donors (Lipinski definition) is 2. The number of hydrogen-bond acceptors (Lipinski definition) is 5. The smallest absolute Gasteiger partial charge is 0.267 e. The Hall–Kier alpha value is -3.50. The van der Waals surface area contributed by atoms with E-state index in [0.717, 1.165) is 29.9 Å². The molecule has 2 heterocycles. The summed E-state index contributed by atoms with van der Waals surface area (Å²) in [5, 5.41) is 4.41. The van der Waals surface area contributed by atoms with E-state index in [9.17, 15) is 18.0 Å². The average molecular weight is 468 g/mol. The zero-order valence-corrected chi connectivity index (χ0v) is 19.2. The largest absolute Gasteiger partial charge is 0.269 e. The topological polar surface area (TPSA) is 113 Å². The van der Waals surface area contributed by atoms with Crippen LogP contribution in [0.2, 0.25) is 0 Å². The van der Waals surface area contributed by atoms with E-state index in [1.807, 2.05) is 19.9 Å². The molecule has 2 N–H and O–H groups in total. The van der Waals surface area contributed by atoms with Crippen LogP contribution in [0, 0.1) is 13.8 Å². The van der Waals surface area contributed by atoms with Gasteiger partial charge in [-0.25, -0.2) is 13.1 Å². The first-order valence-electron chi connectivity index (χ1n) is 10.6. The van der Waals surface area contributed by atoms with Crippen LogP contribution in [0.5, 0.6) is 0 Å². The highest BCUT2D eigenvalue weighted by molar-refractivity contribution is 7.89. The summed E-state index contributed by atoms with van der Waals surface area (Å²) in [5.41, 5.74) is 8.04. The minimum atomic E-state index is -3.54. The molecule has 33 heavy (non-hydrogen) atoms. The summed E-state index contributed by atoms with van der Waals surface area (Å²) in [5.74, 6) is -1.02. The minimum absolute atomic E-state index is 0.146. The molecule has 1 aliphatic heterocycles. The third-order valence-corrected chi connectivity index (χ3v) is 7.41. The van der Waals surface area contributed by atoms with Crippen LogP contribution >= 0.6 is 0 Å². The lowest BCUT2D eigenvalue weighted by molar-refractivity contribution is 0.0846. The normalized spacial score (nSPS) is 14.2. The Morgan fingerprint density at radius 1 is 0.848 bits per heavy atom. The van der Waals surface area contributed by atoms with Gasteiger partial charge < -0.3 is 0 Å². The van der Waals surface area contributed by atoms with E-state index in [1.165, 1.54) is 28.6 Å². The van der Waals surface area contributed by atoms with Gasteiger partial charge in [-0.15, -0.1) is 0 Å². The average Bonchev–Trinajstić information content (AvgIpc) is 3.47. The summed E-state index contributed by atoms with van der Waals surface area (Å²) >= 11 is 0. The van der Waals surface area contributed by atoms with Gasteiger partial charge in [0.05, 0.1) is 16.3 Å². The van der Waals surface area contributed by atoms with Gasteiger partial charge in [0.25, 0.3) is 11.8 Å². The van der Waals surface area contributed by atoms with E-state index < -0.39 is 21.8 Å². The molecule has 1 aliphatic rings. The number of benzene rings is 2. The van der Waals surface area contributed by atoms with Gasteiger partial charge in [-0.2, -0.15) is 9.40 Å². The molecular weight excluding hydrogens is 442 g/mol. The van der Waals surface area contributed by atoms with Crippen molar-refractivity contribution in [3.63, 3.8) is 0 Å². The second-order valence-electron chi connectivity index (χ2n) is 7.93. The number of aryl methyl sites for hydroxylation is 2. The second-order valence-corrected chi connectivity index (χ2v) is 9.87. The molecule has 0 unspecified atom stereocenters. The van der Waals surface area contributed by atoms with Gasteiger partial charge in [-0.3, -0.25) is 20.4 Å². The van der Waals surface area contributed by atoms with E-state index in [-0.39, 0.29) is 10.5 Å². The van der Waals surface area contributed by atoms with Crippen molar-refractivity contribution in [3.8, 4) is 5.69 Å². The van der Waals surface area contributed by atoms with Gasteiger partial charge >= 0.3 is 0 Å². The molecule has 1 saturated heterocycles. The number of sulfonamides is 1. The van der Waals surface area contributed by atoms with Gasteiger partial charge in [0, 0.05) is 29.9 Å². The zero-order chi connectivity index (χ0) is 23.6. The maximum absolute atomic E-state index is 12.6. The number of hydrazine groups is 1. The standard InChI is InChI=1S/C23H25N5O4S/c1-16-15-17(2)28(26-16)20-9-5-18(6-10-20)22(29)24-25-23(30)19-7-11-21(12-8-19)33(31,32)27-13-3-4-14-27/h5-12,15H,3-4,13-14H2,1-2H3,(H,24,29)(H,25,30). The molecule has 2 amide bonds. The van der Waals surface area contributed by atoms with Gasteiger partial charge in [-0.1, -0.05) is 0 Å². The molecule has 9 nitrogen and oxygen atoms in total. The van der Waals surface area contributed by atoms with Crippen LogP contribution in [0.3, 0.4) is 0 Å². The maximum atomic E-state index is 12.6. The fraction of sp³-hybridized carbons (Fsp3) is 0.261. The highest BCUT2D eigenvalue weighted by Gasteiger charge is 2.27. The Kier molecular flexibility index (Phi) is 6.30. The molecule has 4 rings (SSSR count). The molecule has 2 aromatic carbocycles. The molecular formula is C23H25N5O4S. The van der Waals surface area contributed by atoms with Crippen molar-refractivity contribution in [2.75, 3.05) is 13.1 Å². The number of rotatable bonds is 5. The quantitative estimate of drug-likeness (QED) is 0.559. The highest BCUT2D eigenvalue weighted by atomic mass is 32.2. The van der Waals surface area contributed by atoms with E-state index in [0.29, 0.717) is 18.7 Å². The first kappa shape index (κ1) is 22.7. The monoisotopic (exact) mass is 467 g/mol. The number of carbonyl (C=O) groups is 2. The van der Waals surface area contributed by atoms with Gasteiger partial charge in [-0.05, 0) is 81.3 Å². The maximum Gasteiger partial charge on any atom is 0.269 e. The first-order chi connectivity index (χ1) is 15.8. The summed E-state index contributed by atoms with van der Waals surface area (Å²) in [4.78, 5) is 24.9. The zero-order valence-electron chi connectivity index (χ0n) is 18.4. The van der Waals surface area contributed by atoms with E-state index in [4.69, 9.17) is 0 Å². The van der Waals surface area contributed by atoms with Crippen LogP contribution < -0.4 is 10.9 Å². The lowest BCUT2D eigenvalue weighted by Gasteiger charge is -2.15. The van der Waals surface area contributed by atoms with E-state index >= 15 is 0 Å². The van der Waals surface area contributed by atoms with Crippen LogP contribution in [0.1, 0.15) is 44.9 Å². The Bertz CT molecular complexity index is 1280.